The number of rotatable bonds is 7. The van der Waals surface area contributed by atoms with Crippen LogP contribution in [0.1, 0.15) is 31.4 Å². The Labute approximate surface area is 133 Å². The number of hydrogen-bond acceptors (Lipinski definition) is 3. The van der Waals surface area contributed by atoms with Gasteiger partial charge in [0, 0.05) is 13.1 Å². The molecule has 0 aromatic heterocycles. The van der Waals surface area contributed by atoms with Crippen LogP contribution in [0.4, 0.5) is 0 Å². The van der Waals surface area contributed by atoms with Gasteiger partial charge in [0.05, 0.1) is 12.5 Å². The maximum Gasteiger partial charge on any atom is 0.161 e. The van der Waals surface area contributed by atoms with Gasteiger partial charge in [-0.25, -0.2) is 0 Å². The standard InChI is InChI=1S/C18H26N2O2/c1-4-19-17(20(5-2)6-3)13-18(21)22-16-11-14-9-7-8-10-15(14)12-16/h5,7-10,16,18,21H,2,4,6,11-13H2,1,3H3. The van der Waals surface area contributed by atoms with Gasteiger partial charge in [0.15, 0.2) is 6.29 Å². The van der Waals surface area contributed by atoms with Gasteiger partial charge in [-0.3, -0.25) is 4.99 Å². The molecule has 120 valence electrons. The predicted octanol–water partition coefficient (Wildman–Crippen LogP) is 2.76. The third kappa shape index (κ3) is 4.18. The first-order valence-corrected chi connectivity index (χ1v) is 8.00. The molecule has 1 aliphatic rings. The van der Waals surface area contributed by atoms with Crippen molar-refractivity contribution in [2.45, 2.75) is 45.5 Å². The first-order valence-electron chi connectivity index (χ1n) is 8.00. The van der Waals surface area contributed by atoms with Crippen LogP contribution in [0.2, 0.25) is 0 Å². The minimum atomic E-state index is -0.835. The highest BCUT2D eigenvalue weighted by Gasteiger charge is 2.25. The van der Waals surface area contributed by atoms with Crippen LogP contribution >= 0.6 is 0 Å². The summed E-state index contributed by atoms with van der Waals surface area (Å²) < 4.78 is 5.82. The fraction of sp³-hybridized carbons (Fsp3) is 0.500. The van der Waals surface area contributed by atoms with E-state index in [2.05, 4.69) is 23.7 Å². The molecule has 1 atom stereocenters. The number of ether oxygens (including phenoxy) is 1. The molecule has 0 saturated heterocycles. The zero-order valence-electron chi connectivity index (χ0n) is 13.5. The number of aliphatic hydroxyl groups excluding tert-OH is 1. The van der Waals surface area contributed by atoms with E-state index in [0.717, 1.165) is 25.2 Å². The van der Waals surface area contributed by atoms with Crippen LogP contribution in [0.25, 0.3) is 0 Å². The highest BCUT2D eigenvalue weighted by molar-refractivity contribution is 5.83. The number of benzene rings is 1. The molecule has 1 N–H and O–H groups in total. The summed E-state index contributed by atoms with van der Waals surface area (Å²) >= 11 is 0. The Morgan fingerprint density at radius 3 is 2.55 bits per heavy atom. The number of aliphatic imine (C=N–C) groups is 1. The van der Waals surface area contributed by atoms with Gasteiger partial charge in [-0.15, -0.1) is 0 Å². The molecule has 1 aromatic rings. The van der Waals surface area contributed by atoms with E-state index in [-0.39, 0.29) is 6.10 Å². The zero-order chi connectivity index (χ0) is 15.9. The molecule has 4 heteroatoms. The lowest BCUT2D eigenvalue weighted by Crippen LogP contribution is -2.32. The highest BCUT2D eigenvalue weighted by Crippen LogP contribution is 2.24. The maximum absolute atomic E-state index is 10.3. The smallest absolute Gasteiger partial charge is 0.161 e. The Morgan fingerprint density at radius 1 is 1.41 bits per heavy atom. The van der Waals surface area contributed by atoms with Gasteiger partial charge in [-0.05, 0) is 44.0 Å². The van der Waals surface area contributed by atoms with E-state index in [1.165, 1.54) is 11.1 Å². The van der Waals surface area contributed by atoms with E-state index >= 15 is 0 Å². The summed E-state index contributed by atoms with van der Waals surface area (Å²) in [4.78, 5) is 6.40. The van der Waals surface area contributed by atoms with Gasteiger partial charge in [-0.1, -0.05) is 30.8 Å². The average Bonchev–Trinajstić information content (AvgIpc) is 2.90. The quantitative estimate of drug-likeness (QED) is 0.478. The Hall–Kier alpha value is -1.65. The second-order valence-electron chi connectivity index (χ2n) is 5.45. The Kier molecular flexibility index (Phi) is 6.16. The topological polar surface area (TPSA) is 45.1 Å². The van der Waals surface area contributed by atoms with Crippen LogP contribution in [-0.2, 0) is 17.6 Å². The molecule has 0 saturated carbocycles. The van der Waals surface area contributed by atoms with E-state index in [4.69, 9.17) is 4.74 Å². The summed E-state index contributed by atoms with van der Waals surface area (Å²) in [5, 5.41) is 10.3. The molecule has 1 aliphatic carbocycles. The number of fused-ring (bicyclic) bond motifs is 1. The molecule has 1 unspecified atom stereocenters. The van der Waals surface area contributed by atoms with Crippen LogP contribution in [0.15, 0.2) is 42.0 Å². The van der Waals surface area contributed by atoms with Crippen molar-refractivity contribution in [1.82, 2.24) is 4.90 Å². The summed E-state index contributed by atoms with van der Waals surface area (Å²) in [6.45, 7) is 9.28. The van der Waals surface area contributed by atoms with Crippen molar-refractivity contribution >= 4 is 5.84 Å². The Balaban J connectivity index is 1.91. The van der Waals surface area contributed by atoms with Gasteiger partial charge in [-0.2, -0.15) is 0 Å². The first kappa shape index (κ1) is 16.7. The average molecular weight is 302 g/mol. The summed E-state index contributed by atoms with van der Waals surface area (Å²) in [6.07, 6.45) is 3.08. The number of amidine groups is 1. The lowest BCUT2D eigenvalue weighted by molar-refractivity contribution is -0.127. The van der Waals surface area contributed by atoms with Crippen molar-refractivity contribution in [1.29, 1.82) is 0 Å². The number of hydrogen-bond donors (Lipinski definition) is 1. The molecule has 0 aliphatic heterocycles. The van der Waals surface area contributed by atoms with E-state index in [0.29, 0.717) is 13.0 Å². The van der Waals surface area contributed by atoms with Crippen LogP contribution in [-0.4, -0.2) is 41.3 Å². The minimum absolute atomic E-state index is 0.0501. The largest absolute Gasteiger partial charge is 0.368 e. The van der Waals surface area contributed by atoms with Crippen LogP contribution in [0.3, 0.4) is 0 Å². The highest BCUT2D eigenvalue weighted by atomic mass is 16.6. The van der Waals surface area contributed by atoms with Crippen molar-refractivity contribution in [2.75, 3.05) is 13.1 Å². The fourth-order valence-corrected chi connectivity index (χ4v) is 2.91. The Morgan fingerprint density at radius 2 is 2.05 bits per heavy atom. The van der Waals surface area contributed by atoms with Gasteiger partial charge < -0.3 is 14.7 Å². The molecule has 0 amide bonds. The maximum atomic E-state index is 10.3. The van der Waals surface area contributed by atoms with Crippen molar-refractivity contribution in [3.05, 3.63) is 48.2 Å². The molecule has 4 nitrogen and oxygen atoms in total. The molecule has 0 heterocycles. The molecule has 0 bridgehead atoms. The van der Waals surface area contributed by atoms with Gasteiger partial charge in [0.25, 0.3) is 0 Å². The fourth-order valence-electron chi connectivity index (χ4n) is 2.91. The molecular weight excluding hydrogens is 276 g/mol. The molecule has 22 heavy (non-hydrogen) atoms. The normalized spacial score (nSPS) is 16.4. The first-order chi connectivity index (χ1) is 10.7. The molecule has 2 rings (SSSR count). The third-order valence-corrected chi connectivity index (χ3v) is 3.95. The molecule has 0 radical (unpaired) electrons. The van der Waals surface area contributed by atoms with Crippen LogP contribution in [0, 0.1) is 0 Å². The lowest BCUT2D eigenvalue weighted by Gasteiger charge is -2.24. The van der Waals surface area contributed by atoms with E-state index in [9.17, 15) is 5.11 Å². The van der Waals surface area contributed by atoms with E-state index in [1.54, 1.807) is 6.20 Å². The van der Waals surface area contributed by atoms with Crippen LogP contribution in [0.5, 0.6) is 0 Å². The van der Waals surface area contributed by atoms with Gasteiger partial charge in [0.1, 0.15) is 5.84 Å². The van der Waals surface area contributed by atoms with Gasteiger partial charge >= 0.3 is 0 Å². The summed E-state index contributed by atoms with van der Waals surface area (Å²) in [6, 6.07) is 8.36. The van der Waals surface area contributed by atoms with Crippen molar-refractivity contribution in [3.8, 4) is 0 Å². The van der Waals surface area contributed by atoms with Crippen molar-refractivity contribution in [2.24, 2.45) is 4.99 Å². The monoisotopic (exact) mass is 302 g/mol. The molecule has 1 aromatic carbocycles. The zero-order valence-corrected chi connectivity index (χ0v) is 13.5. The second kappa shape index (κ2) is 8.11. The van der Waals surface area contributed by atoms with Crippen molar-refractivity contribution in [3.63, 3.8) is 0 Å². The number of aliphatic hydroxyl groups is 1. The number of nitrogens with zero attached hydrogens (tertiary/aromatic N) is 2. The summed E-state index contributed by atoms with van der Waals surface area (Å²) in [5.41, 5.74) is 2.65. The van der Waals surface area contributed by atoms with E-state index < -0.39 is 6.29 Å². The van der Waals surface area contributed by atoms with Crippen LogP contribution < -0.4 is 0 Å². The second-order valence-corrected chi connectivity index (χ2v) is 5.45. The molecule has 0 fully saturated rings. The lowest BCUT2D eigenvalue weighted by atomic mass is 10.1. The SMILES string of the molecule is C=CN(CC)C(CC(O)OC1Cc2ccccc2C1)=NCC. The minimum Gasteiger partial charge on any atom is -0.368 e. The summed E-state index contributed by atoms with van der Waals surface area (Å²) in [7, 11) is 0. The third-order valence-electron chi connectivity index (χ3n) is 3.95. The molecular formula is C18H26N2O2. The van der Waals surface area contributed by atoms with Crippen molar-refractivity contribution < 1.29 is 9.84 Å². The van der Waals surface area contributed by atoms with Gasteiger partial charge in [0.2, 0.25) is 0 Å². The van der Waals surface area contributed by atoms with E-state index in [1.807, 2.05) is 30.9 Å². The molecule has 0 spiro atoms. The summed E-state index contributed by atoms with van der Waals surface area (Å²) in [5.74, 6) is 0.822. The predicted molar refractivity (Wildman–Crippen MR) is 89.9 cm³/mol. The Bertz CT molecular complexity index is 503.